The van der Waals surface area contributed by atoms with Crippen LogP contribution in [0.5, 0.6) is 0 Å². The Morgan fingerprint density at radius 2 is 1.81 bits per heavy atom. The number of hydrogen-bond acceptors (Lipinski definition) is 6. The van der Waals surface area contributed by atoms with Crippen molar-refractivity contribution in [1.82, 2.24) is 4.90 Å². The zero-order valence-electron chi connectivity index (χ0n) is 17.2. The molecule has 1 aliphatic rings. The van der Waals surface area contributed by atoms with Crippen molar-refractivity contribution >= 4 is 46.6 Å². The number of benzene rings is 2. The van der Waals surface area contributed by atoms with Crippen molar-refractivity contribution in [3.63, 3.8) is 0 Å². The van der Waals surface area contributed by atoms with Gasteiger partial charge in [0.25, 0.3) is 11.8 Å². The van der Waals surface area contributed by atoms with Gasteiger partial charge in [-0.05, 0) is 48.6 Å². The van der Waals surface area contributed by atoms with Gasteiger partial charge in [0, 0.05) is 16.3 Å². The molecular weight excluding hydrogens is 444 g/mol. The quantitative estimate of drug-likeness (QED) is 0.512. The van der Waals surface area contributed by atoms with Crippen LogP contribution in [0.15, 0.2) is 81.9 Å². The Morgan fingerprint density at radius 3 is 2.59 bits per heavy atom. The van der Waals surface area contributed by atoms with Gasteiger partial charge >= 0.3 is 5.97 Å². The minimum absolute atomic E-state index is 0.171. The van der Waals surface area contributed by atoms with Crippen LogP contribution in [0, 0.1) is 0 Å². The van der Waals surface area contributed by atoms with Gasteiger partial charge in [0.2, 0.25) is 0 Å². The van der Waals surface area contributed by atoms with Crippen LogP contribution in [0.1, 0.15) is 22.5 Å². The lowest BCUT2D eigenvalue weighted by atomic mass is 10.2. The number of rotatable bonds is 7. The number of likely N-dealkylation sites (tertiary alicyclic amines) is 1. The number of amides is 2. The molecule has 2 aromatic carbocycles. The first-order chi connectivity index (χ1) is 15.6. The summed E-state index contributed by atoms with van der Waals surface area (Å²) >= 11 is 2.88. The minimum atomic E-state index is -0.654. The van der Waals surface area contributed by atoms with E-state index < -0.39 is 24.5 Å². The van der Waals surface area contributed by atoms with Crippen LogP contribution in [0.2, 0.25) is 0 Å². The van der Waals surface area contributed by atoms with Crippen molar-refractivity contribution < 1.29 is 19.1 Å². The molecule has 0 radical (unpaired) electrons. The molecule has 32 heavy (non-hydrogen) atoms. The maximum absolute atomic E-state index is 12.6. The van der Waals surface area contributed by atoms with E-state index in [1.807, 2.05) is 60.0 Å². The molecule has 0 aliphatic carbocycles. The Bertz CT molecular complexity index is 1090. The average Bonchev–Trinajstić information content (AvgIpc) is 3.52. The van der Waals surface area contributed by atoms with Gasteiger partial charge in [-0.3, -0.25) is 9.59 Å². The van der Waals surface area contributed by atoms with Gasteiger partial charge in [0.05, 0.1) is 10.6 Å². The molecule has 0 bridgehead atoms. The molecule has 1 unspecified atom stereocenters. The van der Waals surface area contributed by atoms with E-state index in [0.29, 0.717) is 23.5 Å². The van der Waals surface area contributed by atoms with Crippen LogP contribution in [0.25, 0.3) is 0 Å². The molecule has 0 spiro atoms. The van der Waals surface area contributed by atoms with E-state index >= 15 is 0 Å². The highest BCUT2D eigenvalue weighted by molar-refractivity contribution is 7.99. The number of nitrogens with one attached hydrogen (secondary N) is 1. The third-order valence-corrected chi connectivity index (χ3v) is 6.94. The largest absolute Gasteiger partial charge is 0.454 e. The van der Waals surface area contributed by atoms with Gasteiger partial charge in [-0.2, -0.15) is 0 Å². The highest BCUT2D eigenvalue weighted by Crippen LogP contribution is 2.33. The normalized spacial score (nSPS) is 15.4. The van der Waals surface area contributed by atoms with Gasteiger partial charge in [-0.1, -0.05) is 48.2 Å². The molecule has 2 heterocycles. The molecular formula is C24H22N2O4S2. The summed E-state index contributed by atoms with van der Waals surface area (Å²) in [7, 11) is 0. The Hall–Kier alpha value is -3.10. The fourth-order valence-corrected chi connectivity index (χ4v) is 5.09. The van der Waals surface area contributed by atoms with Crippen molar-refractivity contribution in [2.24, 2.45) is 0 Å². The van der Waals surface area contributed by atoms with Gasteiger partial charge in [-0.25, -0.2) is 4.79 Å². The summed E-state index contributed by atoms with van der Waals surface area (Å²) in [6.45, 7) is 0.105. The standard InChI is InChI=1S/C24H22N2O4S2/c27-22(25-18-10-4-5-12-20(18)32-17-8-2-1-3-9-17)16-30-24(29)19-11-6-14-26(19)23(28)21-13-7-15-31-21/h1-5,7-10,12-13,15,19H,6,11,14,16H2,(H,25,27). The van der Waals surface area contributed by atoms with Crippen molar-refractivity contribution in [2.75, 3.05) is 18.5 Å². The monoisotopic (exact) mass is 466 g/mol. The number of anilines is 1. The lowest BCUT2D eigenvalue weighted by Gasteiger charge is -2.22. The summed E-state index contributed by atoms with van der Waals surface area (Å²) in [6.07, 6.45) is 1.27. The van der Waals surface area contributed by atoms with Crippen LogP contribution < -0.4 is 5.32 Å². The zero-order chi connectivity index (χ0) is 22.3. The molecule has 1 aliphatic heterocycles. The molecule has 1 atom stereocenters. The first-order valence-electron chi connectivity index (χ1n) is 10.2. The average molecular weight is 467 g/mol. The van der Waals surface area contributed by atoms with E-state index in [-0.39, 0.29) is 5.91 Å². The predicted octanol–water partition coefficient (Wildman–Crippen LogP) is 4.69. The molecule has 6 nitrogen and oxygen atoms in total. The van der Waals surface area contributed by atoms with E-state index in [1.54, 1.807) is 12.1 Å². The third kappa shape index (κ3) is 5.38. The van der Waals surface area contributed by atoms with Gasteiger partial charge in [0.1, 0.15) is 6.04 Å². The highest BCUT2D eigenvalue weighted by atomic mass is 32.2. The second-order valence-electron chi connectivity index (χ2n) is 7.20. The number of hydrogen-bond donors (Lipinski definition) is 1. The highest BCUT2D eigenvalue weighted by Gasteiger charge is 2.36. The Kier molecular flexibility index (Phi) is 7.24. The van der Waals surface area contributed by atoms with E-state index in [4.69, 9.17) is 4.74 Å². The molecule has 2 amide bonds. The van der Waals surface area contributed by atoms with Gasteiger partial charge < -0.3 is 15.0 Å². The minimum Gasteiger partial charge on any atom is -0.454 e. The lowest BCUT2D eigenvalue weighted by molar-refractivity contribution is -0.151. The fraction of sp³-hybridized carbons (Fsp3) is 0.208. The Morgan fingerprint density at radius 1 is 1.03 bits per heavy atom. The zero-order valence-corrected chi connectivity index (χ0v) is 18.9. The first-order valence-corrected chi connectivity index (χ1v) is 11.9. The SMILES string of the molecule is O=C(COC(=O)C1CCCN1C(=O)c1cccs1)Nc1ccccc1Sc1ccccc1. The maximum atomic E-state index is 12.6. The summed E-state index contributed by atoms with van der Waals surface area (Å²) < 4.78 is 5.27. The molecule has 1 saturated heterocycles. The number of thiophene rings is 1. The topological polar surface area (TPSA) is 75.7 Å². The fourth-order valence-electron chi connectivity index (χ4n) is 3.49. The molecule has 164 valence electrons. The van der Waals surface area contributed by atoms with Crippen LogP contribution in [-0.4, -0.2) is 41.9 Å². The molecule has 1 fully saturated rings. The molecule has 3 aromatic rings. The van der Waals surface area contributed by atoms with Crippen LogP contribution in [0.3, 0.4) is 0 Å². The van der Waals surface area contributed by atoms with Crippen molar-refractivity contribution in [1.29, 1.82) is 0 Å². The number of carbonyl (C=O) groups is 3. The van der Waals surface area contributed by atoms with E-state index in [2.05, 4.69) is 5.32 Å². The first kappa shape index (κ1) is 22.1. The van der Waals surface area contributed by atoms with E-state index in [9.17, 15) is 14.4 Å². The van der Waals surface area contributed by atoms with Crippen molar-refractivity contribution in [2.45, 2.75) is 28.7 Å². The van der Waals surface area contributed by atoms with E-state index in [1.165, 1.54) is 28.0 Å². The number of ether oxygens (including phenoxy) is 1. The predicted molar refractivity (Wildman–Crippen MR) is 125 cm³/mol. The Labute approximate surface area is 194 Å². The molecule has 0 saturated carbocycles. The van der Waals surface area contributed by atoms with E-state index in [0.717, 1.165) is 16.2 Å². The second kappa shape index (κ2) is 10.5. The summed E-state index contributed by atoms with van der Waals surface area (Å²) in [5, 5.41) is 4.65. The van der Waals surface area contributed by atoms with Gasteiger partial charge in [0.15, 0.2) is 6.61 Å². The van der Waals surface area contributed by atoms with Gasteiger partial charge in [-0.15, -0.1) is 11.3 Å². The summed E-state index contributed by atoms with van der Waals surface area (Å²) in [4.78, 5) is 41.8. The summed E-state index contributed by atoms with van der Waals surface area (Å²) in [5.74, 6) is -1.14. The van der Waals surface area contributed by atoms with Crippen LogP contribution in [-0.2, 0) is 14.3 Å². The lowest BCUT2D eigenvalue weighted by Crippen LogP contribution is -2.41. The summed E-state index contributed by atoms with van der Waals surface area (Å²) in [5.41, 5.74) is 0.651. The smallest absolute Gasteiger partial charge is 0.329 e. The summed E-state index contributed by atoms with van der Waals surface area (Å²) in [6, 6.07) is 20.2. The Balaban J connectivity index is 1.33. The maximum Gasteiger partial charge on any atom is 0.329 e. The number of para-hydroxylation sites is 1. The molecule has 8 heteroatoms. The number of nitrogens with zero attached hydrogens (tertiary/aromatic N) is 1. The third-order valence-electron chi connectivity index (χ3n) is 5.00. The molecule has 1 N–H and O–H groups in total. The van der Waals surface area contributed by atoms with Crippen LogP contribution >= 0.6 is 23.1 Å². The van der Waals surface area contributed by atoms with Crippen LogP contribution in [0.4, 0.5) is 5.69 Å². The van der Waals surface area contributed by atoms with Crippen molar-refractivity contribution in [3.8, 4) is 0 Å². The number of carbonyl (C=O) groups excluding carboxylic acids is 3. The molecule has 4 rings (SSSR count). The molecule has 1 aromatic heterocycles. The van der Waals surface area contributed by atoms with Crippen molar-refractivity contribution in [3.05, 3.63) is 77.0 Å². The number of esters is 1. The second-order valence-corrected chi connectivity index (χ2v) is 9.26.